The molecule has 248 valence electrons. The van der Waals surface area contributed by atoms with Crippen molar-refractivity contribution in [3.63, 3.8) is 0 Å². The number of allylic oxidation sites excluding steroid dienone is 2. The van der Waals surface area contributed by atoms with Gasteiger partial charge in [-0.3, -0.25) is 4.90 Å². The number of nitrogen functional groups attached to an aromatic ring is 2. The average Bonchev–Trinajstić information content (AvgIpc) is 3.84. The molecule has 0 amide bonds. The van der Waals surface area contributed by atoms with Crippen molar-refractivity contribution in [1.82, 2.24) is 30.2 Å². The number of nitrogens with one attached hydrogen (secondary N) is 1. The van der Waals surface area contributed by atoms with Crippen LogP contribution in [0.25, 0.3) is 11.6 Å². The first-order valence-electron chi connectivity index (χ1n) is 15.6. The maximum atomic E-state index is 10.3. The lowest BCUT2D eigenvalue weighted by molar-refractivity contribution is 0.141. The van der Waals surface area contributed by atoms with Gasteiger partial charge in [-0.1, -0.05) is 12.2 Å². The fraction of sp³-hybridized carbons (Fsp3) is 0.613. The molecule has 0 unspecified atom stereocenters. The van der Waals surface area contributed by atoms with E-state index in [-0.39, 0.29) is 25.4 Å². The number of hydrogen-bond acceptors (Lipinski definition) is 14. The normalized spacial score (nSPS) is 23.2. The molecule has 2 aromatic rings. The van der Waals surface area contributed by atoms with Crippen molar-refractivity contribution in [2.75, 3.05) is 80.4 Å². The van der Waals surface area contributed by atoms with Gasteiger partial charge in [0.2, 0.25) is 0 Å². The lowest BCUT2D eigenvalue weighted by atomic mass is 10.0. The molecule has 9 N–H and O–H groups in total. The molecule has 0 spiro atoms. The van der Waals surface area contributed by atoms with Crippen LogP contribution in [0.5, 0.6) is 0 Å². The molecular formula is C31H48N8O4S2. The van der Waals surface area contributed by atoms with Crippen molar-refractivity contribution in [2.45, 2.75) is 37.9 Å². The van der Waals surface area contributed by atoms with Crippen molar-refractivity contribution in [3.05, 3.63) is 47.3 Å². The Kier molecular flexibility index (Phi) is 14.8. The Morgan fingerprint density at radius 1 is 0.800 bits per heavy atom. The van der Waals surface area contributed by atoms with Gasteiger partial charge in [0.05, 0.1) is 36.8 Å². The highest BCUT2D eigenvalue weighted by Crippen LogP contribution is 2.31. The molecule has 4 heterocycles. The maximum absolute atomic E-state index is 10.3. The van der Waals surface area contributed by atoms with Crippen LogP contribution in [0.2, 0.25) is 0 Å². The molecule has 2 aliphatic carbocycles. The topological polar surface area (TPSA) is 200 Å². The highest BCUT2D eigenvalue weighted by Gasteiger charge is 2.32. The predicted molar refractivity (Wildman–Crippen MR) is 184 cm³/mol. The molecule has 4 aliphatic rings. The minimum absolute atomic E-state index is 0.153. The number of likely N-dealkylation sites (tertiary alicyclic amines) is 1. The van der Waals surface area contributed by atoms with Crippen LogP contribution in [0.15, 0.2) is 24.8 Å². The summed E-state index contributed by atoms with van der Waals surface area (Å²) in [5, 5.41) is 40.2. The first kappa shape index (κ1) is 35.6. The van der Waals surface area contributed by atoms with Gasteiger partial charge < -0.3 is 37.2 Å². The number of nitrogens with two attached hydrogens (primary N) is 2. The van der Waals surface area contributed by atoms with Crippen molar-refractivity contribution in [3.8, 4) is 0 Å². The largest absolute Gasteiger partial charge is 0.396 e. The number of hydrogen-bond donors (Lipinski definition) is 7. The van der Waals surface area contributed by atoms with Gasteiger partial charge in [0.15, 0.2) is 0 Å². The molecule has 4 atom stereocenters. The molecular weight excluding hydrogens is 613 g/mol. The number of rotatable bonds is 12. The van der Waals surface area contributed by atoms with Gasteiger partial charge in [-0.2, -0.15) is 23.5 Å². The van der Waals surface area contributed by atoms with Crippen molar-refractivity contribution in [2.24, 2.45) is 11.8 Å². The van der Waals surface area contributed by atoms with Crippen molar-refractivity contribution in [1.29, 1.82) is 0 Å². The summed E-state index contributed by atoms with van der Waals surface area (Å²) in [6.45, 7) is 4.60. The van der Waals surface area contributed by atoms with E-state index in [1.165, 1.54) is 18.2 Å². The van der Waals surface area contributed by atoms with Gasteiger partial charge >= 0.3 is 0 Å². The Balaban J connectivity index is 0.000000174. The zero-order valence-electron chi connectivity index (χ0n) is 25.8. The number of anilines is 2. The van der Waals surface area contributed by atoms with E-state index in [1.807, 2.05) is 12.2 Å². The zero-order chi connectivity index (χ0) is 32.0. The number of nitrogens with zero attached hydrogens (tertiary/aromatic N) is 5. The summed E-state index contributed by atoms with van der Waals surface area (Å²) in [5.41, 5.74) is 16.7. The number of aliphatic hydroxyl groups excluding tert-OH is 4. The summed E-state index contributed by atoms with van der Waals surface area (Å²) in [6.07, 6.45) is 12.5. The van der Waals surface area contributed by atoms with E-state index >= 15 is 0 Å². The summed E-state index contributed by atoms with van der Waals surface area (Å²) in [4.78, 5) is 18.6. The lowest BCUT2D eigenvalue weighted by Crippen LogP contribution is -2.24. The van der Waals surface area contributed by atoms with Gasteiger partial charge in [-0.25, -0.2) is 19.9 Å². The Morgan fingerprint density at radius 3 is 2.16 bits per heavy atom. The molecule has 12 nitrogen and oxygen atoms in total. The summed E-state index contributed by atoms with van der Waals surface area (Å²) in [7, 11) is 0. The van der Waals surface area contributed by atoms with E-state index in [4.69, 9.17) is 21.7 Å². The van der Waals surface area contributed by atoms with E-state index < -0.39 is 0 Å². The number of fused-ring (bicyclic) bond motifs is 2. The van der Waals surface area contributed by atoms with Gasteiger partial charge in [0, 0.05) is 55.4 Å². The third kappa shape index (κ3) is 10.6. The summed E-state index contributed by atoms with van der Waals surface area (Å²) in [5.74, 6) is 5.55. The van der Waals surface area contributed by atoms with Crippen LogP contribution in [-0.4, -0.2) is 126 Å². The second-order valence-electron chi connectivity index (χ2n) is 11.5. The van der Waals surface area contributed by atoms with Gasteiger partial charge in [0.1, 0.15) is 24.3 Å². The molecule has 0 saturated carbocycles. The monoisotopic (exact) mass is 660 g/mol. The van der Waals surface area contributed by atoms with Gasteiger partial charge in [-0.15, -0.1) is 0 Å². The zero-order valence-corrected chi connectivity index (χ0v) is 27.4. The van der Waals surface area contributed by atoms with Crippen LogP contribution in [0.4, 0.5) is 11.6 Å². The summed E-state index contributed by atoms with van der Waals surface area (Å²) >= 11 is 3.50. The Labute approximate surface area is 274 Å². The number of β-amino-alcohol motifs (C(OH)–C–C–N with tert-alkyl or cyclic N) is 2. The molecule has 0 aromatic carbocycles. The molecule has 14 heteroatoms. The number of aliphatic hydroxyl groups is 4. The quantitative estimate of drug-likeness (QED) is 0.157. The van der Waals surface area contributed by atoms with E-state index in [0.29, 0.717) is 30.0 Å². The third-order valence-electron chi connectivity index (χ3n) is 8.36. The highest BCUT2D eigenvalue weighted by atomic mass is 32.2. The van der Waals surface area contributed by atoms with Crippen molar-refractivity contribution >= 4 is 46.8 Å². The summed E-state index contributed by atoms with van der Waals surface area (Å²) in [6, 6.07) is 0. The van der Waals surface area contributed by atoms with Gasteiger partial charge in [-0.05, 0) is 60.7 Å². The van der Waals surface area contributed by atoms with Crippen molar-refractivity contribution < 1.29 is 20.4 Å². The molecule has 0 bridgehead atoms. The standard InChI is InChI=1S/C16H24N4O2S.C8H17NO2S.C7H7N3/c17-16-13-2-1-12(15(13)18-10-19-16)8-20-7-11(14(22)9-20)3-5-23-6-4-21;10-2-4-12-3-1-7-5-9-6-8(7)11;8-7-5-2-1-3-6(5)9-4-10-7/h1,10-11,14,21-22H,2-9H2,(H2,17,18,19);7-11H,1-6H2;1,3-4H,2H2,(H2,8,9,10)/t11-,14-;7-,8-;/m00./s1. The lowest BCUT2D eigenvalue weighted by Gasteiger charge is -2.16. The fourth-order valence-electron chi connectivity index (χ4n) is 5.86. The van der Waals surface area contributed by atoms with Crippen LogP contribution in [0.3, 0.4) is 0 Å². The molecule has 6 rings (SSSR count). The molecule has 2 aliphatic heterocycles. The molecule has 2 fully saturated rings. The smallest absolute Gasteiger partial charge is 0.130 e. The summed E-state index contributed by atoms with van der Waals surface area (Å²) < 4.78 is 0. The second-order valence-corrected chi connectivity index (χ2v) is 14.0. The van der Waals surface area contributed by atoms with E-state index in [1.54, 1.807) is 23.5 Å². The fourth-order valence-corrected chi connectivity index (χ4v) is 7.46. The number of aromatic nitrogens is 4. The van der Waals surface area contributed by atoms with Gasteiger partial charge in [0.25, 0.3) is 0 Å². The molecule has 2 saturated heterocycles. The van der Waals surface area contributed by atoms with Crippen LogP contribution >= 0.6 is 23.5 Å². The maximum Gasteiger partial charge on any atom is 0.130 e. The second kappa shape index (κ2) is 18.7. The van der Waals surface area contributed by atoms with Crippen LogP contribution in [-0.2, 0) is 12.8 Å². The van der Waals surface area contributed by atoms with E-state index in [2.05, 4.69) is 36.2 Å². The average molecular weight is 661 g/mol. The Hall–Kier alpha value is -2.30. The van der Waals surface area contributed by atoms with Crippen LogP contribution < -0.4 is 16.8 Å². The molecule has 0 radical (unpaired) electrons. The van der Waals surface area contributed by atoms with Crippen LogP contribution in [0, 0.1) is 11.8 Å². The van der Waals surface area contributed by atoms with Crippen LogP contribution in [0.1, 0.15) is 35.4 Å². The predicted octanol–water partition coefficient (Wildman–Crippen LogP) is 0.717. The third-order valence-corrected chi connectivity index (χ3v) is 10.4. The Bertz CT molecular complexity index is 1270. The van der Waals surface area contributed by atoms with E-state index in [0.717, 1.165) is 97.4 Å². The SMILES string of the molecule is Nc1ncnc2c1CC=C2.Nc1ncnc2c1CC=C2CN1C[C@H](CCSCCO)[C@@H](O)C1.OCCSCC[C@H]1CNC[C@@H]1O. The molecule has 2 aromatic heterocycles. The minimum atomic E-state index is -0.262. The first-order valence-corrected chi connectivity index (χ1v) is 17.9. The minimum Gasteiger partial charge on any atom is -0.396 e. The van der Waals surface area contributed by atoms with E-state index in [9.17, 15) is 10.2 Å². The first-order chi connectivity index (χ1) is 21.9. The Morgan fingerprint density at radius 2 is 1.49 bits per heavy atom. The number of thioether (sulfide) groups is 2. The highest BCUT2D eigenvalue weighted by molar-refractivity contribution is 7.99. The molecule has 45 heavy (non-hydrogen) atoms.